The molecule has 0 radical (unpaired) electrons. The minimum Gasteiger partial charge on any atom is -0.380 e. The maximum Gasteiger partial charge on any atom is 0.252 e. The van der Waals surface area contributed by atoms with Crippen LogP contribution in [0, 0.1) is 0 Å². The SMILES string of the molecule is O=C(NCc1cnn(Cc2ccccc2)c1)C1(O)CCSCC1. The molecule has 1 fully saturated rings. The number of thioether (sulfide) groups is 1. The van der Waals surface area contributed by atoms with Crippen molar-refractivity contribution in [3.8, 4) is 0 Å². The highest BCUT2D eigenvalue weighted by atomic mass is 32.2. The Morgan fingerprint density at radius 3 is 2.74 bits per heavy atom. The van der Waals surface area contributed by atoms with Gasteiger partial charge in [-0.05, 0) is 29.9 Å². The van der Waals surface area contributed by atoms with Crippen LogP contribution in [-0.4, -0.2) is 37.9 Å². The second kappa shape index (κ2) is 7.19. The number of nitrogens with zero attached hydrogens (tertiary/aromatic N) is 2. The van der Waals surface area contributed by atoms with Crippen LogP contribution in [0.4, 0.5) is 0 Å². The van der Waals surface area contributed by atoms with Gasteiger partial charge in [0, 0.05) is 18.3 Å². The molecular weight excluding hydrogens is 310 g/mol. The smallest absolute Gasteiger partial charge is 0.252 e. The molecule has 1 amide bonds. The molecule has 0 bridgehead atoms. The maximum absolute atomic E-state index is 12.2. The van der Waals surface area contributed by atoms with Crippen molar-refractivity contribution in [1.29, 1.82) is 0 Å². The normalized spacial score (nSPS) is 16.9. The molecule has 5 nitrogen and oxygen atoms in total. The lowest BCUT2D eigenvalue weighted by Gasteiger charge is -2.30. The van der Waals surface area contributed by atoms with Crippen LogP contribution in [0.25, 0.3) is 0 Å². The number of rotatable bonds is 5. The van der Waals surface area contributed by atoms with E-state index in [1.54, 1.807) is 18.0 Å². The van der Waals surface area contributed by atoms with Gasteiger partial charge in [-0.3, -0.25) is 9.48 Å². The molecule has 1 saturated heterocycles. The van der Waals surface area contributed by atoms with Crippen molar-refractivity contribution < 1.29 is 9.90 Å². The topological polar surface area (TPSA) is 67.2 Å². The lowest BCUT2D eigenvalue weighted by molar-refractivity contribution is -0.140. The van der Waals surface area contributed by atoms with Gasteiger partial charge >= 0.3 is 0 Å². The Bertz CT molecular complexity index is 651. The molecule has 2 aromatic rings. The third-order valence-corrected chi connectivity index (χ3v) is 5.06. The molecule has 1 aliphatic rings. The van der Waals surface area contributed by atoms with Crippen molar-refractivity contribution in [2.45, 2.75) is 31.5 Å². The molecule has 23 heavy (non-hydrogen) atoms. The number of benzene rings is 1. The third-order valence-electron chi connectivity index (χ3n) is 4.07. The summed E-state index contributed by atoms with van der Waals surface area (Å²) in [4.78, 5) is 12.2. The third kappa shape index (κ3) is 4.14. The summed E-state index contributed by atoms with van der Waals surface area (Å²) in [5.74, 6) is 1.39. The van der Waals surface area contributed by atoms with Crippen molar-refractivity contribution in [2.75, 3.05) is 11.5 Å². The number of carbonyl (C=O) groups excluding carboxylic acids is 1. The summed E-state index contributed by atoms with van der Waals surface area (Å²) in [7, 11) is 0. The first-order valence-electron chi connectivity index (χ1n) is 7.79. The van der Waals surface area contributed by atoms with E-state index in [2.05, 4.69) is 22.5 Å². The van der Waals surface area contributed by atoms with Gasteiger partial charge < -0.3 is 10.4 Å². The van der Waals surface area contributed by atoms with E-state index in [9.17, 15) is 9.90 Å². The molecule has 0 saturated carbocycles. The van der Waals surface area contributed by atoms with Crippen molar-refractivity contribution >= 4 is 17.7 Å². The molecule has 2 N–H and O–H groups in total. The largest absolute Gasteiger partial charge is 0.380 e. The zero-order valence-corrected chi connectivity index (χ0v) is 13.8. The fourth-order valence-electron chi connectivity index (χ4n) is 2.64. The molecule has 2 heterocycles. The summed E-state index contributed by atoms with van der Waals surface area (Å²) in [5, 5.41) is 17.5. The van der Waals surface area contributed by atoms with Gasteiger partial charge in [-0.25, -0.2) is 0 Å². The Balaban J connectivity index is 1.54. The molecule has 3 rings (SSSR count). The molecule has 0 aliphatic carbocycles. The Labute approximate surface area is 140 Å². The molecule has 1 aromatic carbocycles. The summed E-state index contributed by atoms with van der Waals surface area (Å²) in [5.41, 5.74) is 0.911. The highest BCUT2D eigenvalue weighted by Gasteiger charge is 2.37. The van der Waals surface area contributed by atoms with E-state index < -0.39 is 5.60 Å². The molecule has 1 aliphatic heterocycles. The van der Waals surface area contributed by atoms with Gasteiger partial charge in [0.15, 0.2) is 0 Å². The van der Waals surface area contributed by atoms with Crippen LogP contribution >= 0.6 is 11.8 Å². The van der Waals surface area contributed by atoms with Crippen LogP contribution in [0.1, 0.15) is 24.0 Å². The minimum absolute atomic E-state index is 0.270. The molecule has 0 unspecified atom stereocenters. The second-order valence-electron chi connectivity index (χ2n) is 5.86. The van der Waals surface area contributed by atoms with Crippen LogP contribution in [0.3, 0.4) is 0 Å². The van der Waals surface area contributed by atoms with Crippen molar-refractivity contribution in [3.05, 3.63) is 53.9 Å². The number of amides is 1. The van der Waals surface area contributed by atoms with Crippen LogP contribution in [0.15, 0.2) is 42.7 Å². The van der Waals surface area contributed by atoms with Gasteiger partial charge in [-0.15, -0.1) is 0 Å². The predicted molar refractivity (Wildman–Crippen MR) is 91.1 cm³/mol. The fraction of sp³-hybridized carbons (Fsp3) is 0.412. The highest BCUT2D eigenvalue weighted by Crippen LogP contribution is 2.27. The summed E-state index contributed by atoms with van der Waals surface area (Å²) in [6.45, 7) is 1.10. The Morgan fingerprint density at radius 1 is 1.26 bits per heavy atom. The summed E-state index contributed by atoms with van der Waals surface area (Å²) in [6, 6.07) is 10.1. The zero-order chi connectivity index (χ0) is 16.1. The first kappa shape index (κ1) is 16.1. The number of hydrogen-bond acceptors (Lipinski definition) is 4. The predicted octanol–water partition coefficient (Wildman–Crippen LogP) is 1.81. The van der Waals surface area contributed by atoms with Crippen molar-refractivity contribution in [3.63, 3.8) is 0 Å². The Kier molecular flexibility index (Phi) is 5.03. The number of nitrogens with one attached hydrogen (secondary N) is 1. The van der Waals surface area contributed by atoms with Crippen LogP contribution in [-0.2, 0) is 17.9 Å². The summed E-state index contributed by atoms with van der Waals surface area (Å²) < 4.78 is 1.85. The number of hydrogen-bond donors (Lipinski definition) is 2. The highest BCUT2D eigenvalue weighted by molar-refractivity contribution is 7.99. The monoisotopic (exact) mass is 331 g/mol. The average Bonchev–Trinajstić information content (AvgIpc) is 3.01. The van der Waals surface area contributed by atoms with Gasteiger partial charge in [-0.1, -0.05) is 30.3 Å². The van der Waals surface area contributed by atoms with Gasteiger partial charge in [-0.2, -0.15) is 16.9 Å². The number of aliphatic hydroxyl groups is 1. The lowest BCUT2D eigenvalue weighted by atomic mass is 9.96. The van der Waals surface area contributed by atoms with Crippen LogP contribution < -0.4 is 5.32 Å². The van der Waals surface area contributed by atoms with Crippen molar-refractivity contribution in [2.24, 2.45) is 0 Å². The fourth-order valence-corrected chi connectivity index (χ4v) is 3.81. The molecular formula is C17H21N3O2S. The molecule has 122 valence electrons. The number of carbonyl (C=O) groups is 1. The standard InChI is InChI=1S/C17H21N3O2S/c21-16(17(22)6-8-23-9-7-17)18-10-15-11-19-20(13-15)12-14-4-2-1-3-5-14/h1-5,11,13,22H,6-10,12H2,(H,18,21). The Hall–Kier alpha value is -1.79. The van der Waals surface area contributed by atoms with E-state index in [1.807, 2.05) is 29.1 Å². The summed E-state index contributed by atoms with van der Waals surface area (Å²) in [6.07, 6.45) is 4.73. The lowest BCUT2D eigenvalue weighted by Crippen LogP contribution is -2.48. The van der Waals surface area contributed by atoms with E-state index >= 15 is 0 Å². The van der Waals surface area contributed by atoms with E-state index in [0.29, 0.717) is 25.9 Å². The van der Waals surface area contributed by atoms with Crippen LogP contribution in [0.5, 0.6) is 0 Å². The number of aromatic nitrogens is 2. The second-order valence-corrected chi connectivity index (χ2v) is 7.08. The molecule has 6 heteroatoms. The van der Waals surface area contributed by atoms with Gasteiger partial charge in [0.1, 0.15) is 5.60 Å². The first-order chi connectivity index (χ1) is 11.2. The van der Waals surface area contributed by atoms with Gasteiger partial charge in [0.2, 0.25) is 0 Å². The van der Waals surface area contributed by atoms with E-state index in [1.165, 1.54) is 5.56 Å². The quantitative estimate of drug-likeness (QED) is 0.877. The average molecular weight is 331 g/mol. The first-order valence-corrected chi connectivity index (χ1v) is 8.95. The van der Waals surface area contributed by atoms with Gasteiger partial charge in [0.05, 0.1) is 12.7 Å². The van der Waals surface area contributed by atoms with E-state index in [0.717, 1.165) is 17.1 Å². The van der Waals surface area contributed by atoms with Crippen LogP contribution in [0.2, 0.25) is 0 Å². The van der Waals surface area contributed by atoms with Gasteiger partial charge in [0.25, 0.3) is 5.91 Å². The Morgan fingerprint density at radius 2 is 2.00 bits per heavy atom. The van der Waals surface area contributed by atoms with E-state index in [-0.39, 0.29) is 5.91 Å². The maximum atomic E-state index is 12.2. The van der Waals surface area contributed by atoms with Crippen molar-refractivity contribution in [1.82, 2.24) is 15.1 Å². The zero-order valence-electron chi connectivity index (χ0n) is 12.9. The van der Waals surface area contributed by atoms with E-state index in [4.69, 9.17) is 0 Å². The minimum atomic E-state index is -1.20. The molecule has 0 spiro atoms. The molecule has 0 atom stereocenters. The molecule has 1 aromatic heterocycles. The summed E-state index contributed by atoms with van der Waals surface area (Å²) >= 11 is 1.78.